The topological polar surface area (TPSA) is 244 Å². The maximum Gasteiger partial charge on any atom is 0.309 e. The van der Waals surface area contributed by atoms with E-state index in [2.05, 4.69) is 0 Å². The smallest absolute Gasteiger partial charge is 0.309 e. The number of hydrogen-bond acceptors (Lipinski definition) is 16. The van der Waals surface area contributed by atoms with Crippen molar-refractivity contribution in [3.8, 4) is 23.0 Å². The largest absolute Gasteiger partial charge is 0.493 e. The van der Waals surface area contributed by atoms with E-state index in [1.807, 2.05) is 0 Å². The van der Waals surface area contributed by atoms with E-state index < -0.39 is 80.5 Å². The van der Waals surface area contributed by atoms with E-state index in [1.165, 1.54) is 14.2 Å². The maximum atomic E-state index is 12.8. The molecule has 16 heteroatoms. The Balaban J connectivity index is 1.25. The van der Waals surface area contributed by atoms with Crippen LogP contribution in [-0.4, -0.2) is 142 Å². The van der Waals surface area contributed by atoms with Crippen molar-refractivity contribution in [2.24, 2.45) is 11.8 Å². The van der Waals surface area contributed by atoms with Crippen molar-refractivity contribution in [2.45, 2.75) is 74.3 Å². The molecule has 3 heterocycles. The second-order valence-corrected chi connectivity index (χ2v) is 12.0. The molecule has 12 atom stereocenters. The van der Waals surface area contributed by atoms with E-state index in [0.29, 0.717) is 12.8 Å². The highest BCUT2D eigenvalue weighted by molar-refractivity contribution is 5.75. The zero-order chi connectivity index (χ0) is 34.7. The first-order chi connectivity index (χ1) is 23.0. The molecule has 0 aromatic heterocycles. The number of rotatable bonds is 12. The molecule has 266 valence electrons. The number of carbonyl (C=O) groups excluding carboxylic acids is 1. The molecule has 8 N–H and O–H groups in total. The van der Waals surface area contributed by atoms with Gasteiger partial charge in [-0.05, 0) is 48.2 Å². The monoisotopic (exact) mass is 682 g/mol. The fourth-order valence-corrected chi connectivity index (χ4v) is 6.07. The van der Waals surface area contributed by atoms with E-state index in [-0.39, 0.29) is 41.5 Å². The molecule has 0 aliphatic carbocycles. The SMILES string of the molecule is COc1cc(CC2COC(=O)C2Cc2ccc(OC3OC(CO)C(O)C(O)C3O)c(OC)c2)ccc1OC1OC(CO)C(O)C(O)C1O. The first-order valence-electron chi connectivity index (χ1n) is 15.4. The normalized spacial score (nSPS) is 35.2. The van der Waals surface area contributed by atoms with E-state index in [9.17, 15) is 45.6 Å². The highest BCUT2D eigenvalue weighted by Gasteiger charge is 2.46. The van der Waals surface area contributed by atoms with Crippen LogP contribution in [0.1, 0.15) is 11.1 Å². The first kappa shape index (κ1) is 36.0. The molecule has 3 aliphatic rings. The van der Waals surface area contributed by atoms with E-state index >= 15 is 0 Å². The lowest BCUT2D eigenvalue weighted by Gasteiger charge is -2.39. The third-order valence-electron chi connectivity index (χ3n) is 8.90. The molecule has 2 aromatic rings. The summed E-state index contributed by atoms with van der Waals surface area (Å²) in [5, 5.41) is 79.8. The Labute approximate surface area is 275 Å². The van der Waals surface area contributed by atoms with Crippen LogP contribution in [0.2, 0.25) is 0 Å². The molecule has 0 spiro atoms. The van der Waals surface area contributed by atoms with Gasteiger partial charge in [-0.15, -0.1) is 0 Å². The number of aliphatic hydroxyl groups excluding tert-OH is 8. The lowest BCUT2D eigenvalue weighted by atomic mass is 9.85. The summed E-state index contributed by atoms with van der Waals surface area (Å²) in [5.41, 5.74) is 1.52. The van der Waals surface area contributed by atoms with Gasteiger partial charge >= 0.3 is 5.97 Å². The van der Waals surface area contributed by atoms with Crippen molar-refractivity contribution < 1.29 is 78.8 Å². The molecule has 3 saturated heterocycles. The summed E-state index contributed by atoms with van der Waals surface area (Å²) in [6.45, 7) is -1.02. The molecule has 5 rings (SSSR count). The minimum atomic E-state index is -1.61. The summed E-state index contributed by atoms with van der Waals surface area (Å²) in [7, 11) is 2.83. The Morgan fingerprint density at radius 2 is 1.10 bits per heavy atom. The predicted octanol–water partition coefficient (Wildman–Crippen LogP) is -2.36. The Bertz CT molecular complexity index is 1390. The van der Waals surface area contributed by atoms with Gasteiger partial charge in [0.2, 0.25) is 12.6 Å². The average Bonchev–Trinajstić information content (AvgIpc) is 3.43. The highest BCUT2D eigenvalue weighted by atomic mass is 16.7. The van der Waals surface area contributed by atoms with Crippen LogP contribution < -0.4 is 18.9 Å². The Hall–Kier alpha value is -3.29. The average molecular weight is 683 g/mol. The van der Waals surface area contributed by atoms with Crippen LogP contribution in [0.3, 0.4) is 0 Å². The van der Waals surface area contributed by atoms with Crippen LogP contribution in [0.15, 0.2) is 36.4 Å². The molecular formula is C32H42O16. The van der Waals surface area contributed by atoms with Gasteiger partial charge in [0.25, 0.3) is 0 Å². The van der Waals surface area contributed by atoms with Crippen molar-refractivity contribution in [3.05, 3.63) is 47.5 Å². The number of ether oxygens (including phenoxy) is 7. The minimum Gasteiger partial charge on any atom is -0.493 e. The number of methoxy groups -OCH3 is 2. The van der Waals surface area contributed by atoms with Gasteiger partial charge in [0.1, 0.15) is 48.8 Å². The highest BCUT2D eigenvalue weighted by Crippen LogP contribution is 2.37. The number of esters is 1. The van der Waals surface area contributed by atoms with Crippen molar-refractivity contribution in [2.75, 3.05) is 34.0 Å². The van der Waals surface area contributed by atoms with Gasteiger partial charge in [-0.1, -0.05) is 12.1 Å². The zero-order valence-electron chi connectivity index (χ0n) is 26.3. The Morgan fingerprint density at radius 3 is 1.54 bits per heavy atom. The molecule has 48 heavy (non-hydrogen) atoms. The molecule has 0 radical (unpaired) electrons. The number of cyclic esters (lactones) is 1. The molecule has 2 aromatic carbocycles. The van der Waals surface area contributed by atoms with E-state index in [1.54, 1.807) is 36.4 Å². The van der Waals surface area contributed by atoms with Crippen LogP contribution in [-0.2, 0) is 31.8 Å². The summed E-state index contributed by atoms with van der Waals surface area (Å²) < 4.78 is 38.7. The zero-order valence-corrected chi connectivity index (χ0v) is 26.3. The van der Waals surface area contributed by atoms with E-state index in [4.69, 9.17) is 33.2 Å². The Kier molecular flexibility index (Phi) is 11.6. The van der Waals surface area contributed by atoms with Crippen molar-refractivity contribution in [1.29, 1.82) is 0 Å². The van der Waals surface area contributed by atoms with E-state index in [0.717, 1.165) is 11.1 Å². The molecule has 0 amide bonds. The van der Waals surface area contributed by atoms with Gasteiger partial charge in [-0.2, -0.15) is 0 Å². The van der Waals surface area contributed by atoms with Crippen LogP contribution in [0, 0.1) is 11.8 Å². The molecule has 16 nitrogen and oxygen atoms in total. The van der Waals surface area contributed by atoms with Crippen molar-refractivity contribution in [1.82, 2.24) is 0 Å². The summed E-state index contributed by atoms with van der Waals surface area (Å²) in [4.78, 5) is 12.8. The van der Waals surface area contributed by atoms with Gasteiger partial charge in [0.05, 0.1) is 40.0 Å². The third kappa shape index (κ3) is 7.47. The fourth-order valence-electron chi connectivity index (χ4n) is 6.07. The maximum absolute atomic E-state index is 12.8. The Morgan fingerprint density at radius 1 is 0.646 bits per heavy atom. The lowest BCUT2D eigenvalue weighted by Crippen LogP contribution is -2.60. The van der Waals surface area contributed by atoms with Crippen LogP contribution in [0.5, 0.6) is 23.0 Å². The fraction of sp³-hybridized carbons (Fsp3) is 0.594. The quantitative estimate of drug-likeness (QED) is 0.109. The number of hydrogen-bond donors (Lipinski definition) is 8. The molecular weight excluding hydrogens is 640 g/mol. The lowest BCUT2D eigenvalue weighted by molar-refractivity contribution is -0.277. The van der Waals surface area contributed by atoms with Crippen molar-refractivity contribution in [3.63, 3.8) is 0 Å². The van der Waals surface area contributed by atoms with Gasteiger partial charge in [0, 0.05) is 5.92 Å². The van der Waals surface area contributed by atoms with Gasteiger partial charge in [-0.3, -0.25) is 4.79 Å². The molecule has 3 fully saturated rings. The van der Waals surface area contributed by atoms with Gasteiger partial charge in [0.15, 0.2) is 23.0 Å². The number of aliphatic hydroxyl groups is 8. The second kappa shape index (κ2) is 15.5. The van der Waals surface area contributed by atoms with Crippen LogP contribution in [0.4, 0.5) is 0 Å². The predicted molar refractivity (Wildman–Crippen MR) is 160 cm³/mol. The number of benzene rings is 2. The summed E-state index contributed by atoms with van der Waals surface area (Å²) in [6.07, 6.45) is -13.8. The van der Waals surface area contributed by atoms with Gasteiger partial charge < -0.3 is 74.0 Å². The summed E-state index contributed by atoms with van der Waals surface area (Å²) in [5.74, 6) is -0.208. The van der Waals surface area contributed by atoms with Crippen LogP contribution in [0.25, 0.3) is 0 Å². The number of carbonyl (C=O) groups is 1. The standard InChI is InChI=1S/C32H42O16/c1-42-20-9-14(3-5-18(20)45-31-28(39)26(37)24(35)22(11-33)47-31)7-16-13-44-30(41)17(16)8-15-4-6-19(21(10-15)43-2)46-32-29(40)27(38)25(36)23(12-34)48-32/h3-6,9-10,16-17,22-29,31-40H,7-8,11-13H2,1-2H3. The van der Waals surface area contributed by atoms with Crippen molar-refractivity contribution >= 4 is 5.97 Å². The third-order valence-corrected chi connectivity index (χ3v) is 8.90. The molecule has 12 unspecified atom stereocenters. The second-order valence-electron chi connectivity index (χ2n) is 12.0. The molecule has 0 saturated carbocycles. The van der Waals surface area contributed by atoms with Crippen LogP contribution >= 0.6 is 0 Å². The molecule has 0 bridgehead atoms. The molecule has 3 aliphatic heterocycles. The first-order valence-corrected chi connectivity index (χ1v) is 15.4. The minimum absolute atomic E-state index is 0.161. The summed E-state index contributed by atoms with van der Waals surface area (Å²) >= 11 is 0. The van der Waals surface area contributed by atoms with Gasteiger partial charge in [-0.25, -0.2) is 0 Å². The summed E-state index contributed by atoms with van der Waals surface area (Å²) in [6, 6.07) is 9.96.